The van der Waals surface area contributed by atoms with Crippen molar-refractivity contribution in [1.82, 2.24) is 5.32 Å². The maximum Gasteiger partial charge on any atom is 0.0698 e. The Bertz CT molecular complexity index is 239. The number of ether oxygens (including phenoxy) is 1. The van der Waals surface area contributed by atoms with Gasteiger partial charge in [-0.1, -0.05) is 19.3 Å². The highest BCUT2D eigenvalue weighted by molar-refractivity contribution is 4.93. The van der Waals surface area contributed by atoms with Gasteiger partial charge in [-0.2, -0.15) is 0 Å². The Kier molecular flexibility index (Phi) is 3.72. The molecule has 3 aliphatic rings. The Morgan fingerprint density at radius 1 is 0.941 bits per heavy atom. The van der Waals surface area contributed by atoms with Crippen LogP contribution in [0.25, 0.3) is 0 Å². The summed E-state index contributed by atoms with van der Waals surface area (Å²) in [4.78, 5) is 0. The number of rotatable bonds is 6. The highest BCUT2D eigenvalue weighted by Crippen LogP contribution is 2.41. The van der Waals surface area contributed by atoms with Gasteiger partial charge < -0.3 is 10.1 Å². The van der Waals surface area contributed by atoms with Crippen LogP contribution in [0.1, 0.15) is 70.6 Å². The highest BCUT2D eigenvalue weighted by atomic mass is 16.5. The topological polar surface area (TPSA) is 21.3 Å². The fourth-order valence-corrected chi connectivity index (χ4v) is 3.33. The molecule has 0 unspecified atom stereocenters. The maximum atomic E-state index is 6.48. The van der Waals surface area contributed by atoms with Crippen LogP contribution in [0, 0.1) is 0 Å². The predicted octanol–water partition coefficient (Wildman–Crippen LogP) is 3.40. The van der Waals surface area contributed by atoms with Crippen LogP contribution in [0.2, 0.25) is 0 Å². The molecule has 1 N–H and O–H groups in total. The summed E-state index contributed by atoms with van der Waals surface area (Å²) < 4.78 is 6.48. The molecular weight excluding hydrogens is 210 g/mol. The molecule has 0 saturated heterocycles. The van der Waals surface area contributed by atoms with E-state index in [-0.39, 0.29) is 5.60 Å². The summed E-state index contributed by atoms with van der Waals surface area (Å²) in [6, 6.07) is 0.849. The van der Waals surface area contributed by atoms with E-state index < -0.39 is 0 Å². The summed E-state index contributed by atoms with van der Waals surface area (Å²) in [5.74, 6) is 0. The summed E-state index contributed by atoms with van der Waals surface area (Å²) >= 11 is 0. The molecule has 3 rings (SSSR count). The van der Waals surface area contributed by atoms with Gasteiger partial charge in [0.05, 0.1) is 11.7 Å². The van der Waals surface area contributed by atoms with E-state index in [1.54, 1.807) is 0 Å². The molecule has 0 heterocycles. The van der Waals surface area contributed by atoms with E-state index in [1.807, 2.05) is 0 Å². The molecule has 0 aliphatic heterocycles. The molecule has 98 valence electrons. The zero-order valence-electron chi connectivity index (χ0n) is 11.0. The molecule has 2 heteroatoms. The molecule has 0 aromatic heterocycles. The molecule has 17 heavy (non-hydrogen) atoms. The van der Waals surface area contributed by atoms with Crippen molar-refractivity contribution >= 4 is 0 Å². The van der Waals surface area contributed by atoms with Crippen LogP contribution in [-0.4, -0.2) is 24.3 Å². The molecule has 3 saturated carbocycles. The van der Waals surface area contributed by atoms with Gasteiger partial charge in [-0.15, -0.1) is 0 Å². The van der Waals surface area contributed by atoms with Crippen LogP contribution in [0.5, 0.6) is 0 Å². The molecule has 0 aromatic carbocycles. The molecule has 3 fully saturated rings. The summed E-state index contributed by atoms with van der Waals surface area (Å²) in [5.41, 5.74) is 0.282. The first kappa shape index (κ1) is 12.0. The fourth-order valence-electron chi connectivity index (χ4n) is 3.33. The zero-order chi connectivity index (χ0) is 11.6. The third kappa shape index (κ3) is 3.23. The second-order valence-electron chi connectivity index (χ2n) is 6.39. The van der Waals surface area contributed by atoms with Crippen LogP contribution in [0.4, 0.5) is 0 Å². The van der Waals surface area contributed by atoms with Crippen molar-refractivity contribution in [2.45, 2.75) is 88.4 Å². The Morgan fingerprint density at radius 3 is 2.29 bits per heavy atom. The Morgan fingerprint density at radius 2 is 1.71 bits per heavy atom. The van der Waals surface area contributed by atoms with Gasteiger partial charge in [-0.25, -0.2) is 0 Å². The number of nitrogens with one attached hydrogen (secondary N) is 1. The first-order valence-electron chi connectivity index (χ1n) is 7.78. The van der Waals surface area contributed by atoms with Crippen molar-refractivity contribution in [3.8, 4) is 0 Å². The van der Waals surface area contributed by atoms with E-state index in [0.29, 0.717) is 6.10 Å². The van der Waals surface area contributed by atoms with E-state index in [2.05, 4.69) is 5.32 Å². The van der Waals surface area contributed by atoms with Gasteiger partial charge in [-0.05, 0) is 57.9 Å². The van der Waals surface area contributed by atoms with Crippen molar-refractivity contribution in [3.63, 3.8) is 0 Å². The Hall–Kier alpha value is -0.0800. The van der Waals surface area contributed by atoms with Crippen molar-refractivity contribution < 1.29 is 4.74 Å². The molecule has 2 nitrogen and oxygen atoms in total. The standard InChI is InChI=1S/C15H27NO/c1-2-5-14(6-3-1)17-15(9-4-10-15)11-12-16-13-7-8-13/h13-14,16H,1-12H2. The van der Waals surface area contributed by atoms with Crippen LogP contribution < -0.4 is 5.32 Å². The monoisotopic (exact) mass is 237 g/mol. The third-order valence-corrected chi connectivity index (χ3v) is 4.82. The summed E-state index contributed by atoms with van der Waals surface area (Å²) in [6.07, 6.45) is 15.5. The molecule has 0 atom stereocenters. The first-order valence-corrected chi connectivity index (χ1v) is 7.78. The van der Waals surface area contributed by atoms with E-state index in [0.717, 1.165) is 6.04 Å². The SMILES string of the molecule is C1CCC(OC2(CCNC3CC3)CCC2)CC1. The van der Waals surface area contributed by atoms with Crippen LogP contribution >= 0.6 is 0 Å². The minimum absolute atomic E-state index is 0.282. The number of hydrogen-bond acceptors (Lipinski definition) is 2. The van der Waals surface area contributed by atoms with Gasteiger partial charge in [0, 0.05) is 6.04 Å². The van der Waals surface area contributed by atoms with Gasteiger partial charge in [0.2, 0.25) is 0 Å². The van der Waals surface area contributed by atoms with Gasteiger partial charge in [0.1, 0.15) is 0 Å². The molecular formula is C15H27NO. The summed E-state index contributed by atoms with van der Waals surface area (Å²) in [7, 11) is 0. The summed E-state index contributed by atoms with van der Waals surface area (Å²) in [5, 5.41) is 3.64. The Labute approximate surface area is 105 Å². The van der Waals surface area contributed by atoms with Crippen molar-refractivity contribution in [1.29, 1.82) is 0 Å². The Balaban J connectivity index is 1.42. The highest BCUT2D eigenvalue weighted by Gasteiger charge is 2.40. The second kappa shape index (κ2) is 5.27. The van der Waals surface area contributed by atoms with Crippen LogP contribution in [0.15, 0.2) is 0 Å². The number of hydrogen-bond donors (Lipinski definition) is 1. The zero-order valence-corrected chi connectivity index (χ0v) is 11.0. The van der Waals surface area contributed by atoms with E-state index in [9.17, 15) is 0 Å². The lowest BCUT2D eigenvalue weighted by Crippen LogP contribution is -2.45. The van der Waals surface area contributed by atoms with Crippen molar-refractivity contribution in [3.05, 3.63) is 0 Å². The molecule has 0 aromatic rings. The predicted molar refractivity (Wildman–Crippen MR) is 70.2 cm³/mol. The fraction of sp³-hybridized carbons (Fsp3) is 1.00. The molecule has 3 aliphatic carbocycles. The summed E-state index contributed by atoms with van der Waals surface area (Å²) in [6.45, 7) is 1.18. The van der Waals surface area contributed by atoms with Gasteiger partial charge in [0.15, 0.2) is 0 Å². The van der Waals surface area contributed by atoms with Gasteiger partial charge in [-0.3, -0.25) is 0 Å². The average molecular weight is 237 g/mol. The molecule has 0 spiro atoms. The second-order valence-corrected chi connectivity index (χ2v) is 6.39. The van der Waals surface area contributed by atoms with Gasteiger partial charge >= 0.3 is 0 Å². The lowest BCUT2D eigenvalue weighted by Gasteiger charge is -2.45. The average Bonchev–Trinajstić information content (AvgIpc) is 3.11. The smallest absolute Gasteiger partial charge is 0.0698 e. The third-order valence-electron chi connectivity index (χ3n) is 4.82. The van der Waals surface area contributed by atoms with Crippen molar-refractivity contribution in [2.24, 2.45) is 0 Å². The maximum absolute atomic E-state index is 6.48. The molecule has 0 amide bonds. The van der Waals surface area contributed by atoms with Crippen LogP contribution in [0.3, 0.4) is 0 Å². The van der Waals surface area contributed by atoms with E-state index in [1.165, 1.54) is 77.2 Å². The largest absolute Gasteiger partial charge is 0.372 e. The lowest BCUT2D eigenvalue weighted by molar-refractivity contribution is -0.151. The quantitative estimate of drug-likeness (QED) is 0.764. The molecule has 0 radical (unpaired) electrons. The minimum Gasteiger partial charge on any atom is -0.372 e. The minimum atomic E-state index is 0.282. The molecule has 0 bridgehead atoms. The lowest BCUT2D eigenvalue weighted by atomic mass is 9.77. The van der Waals surface area contributed by atoms with Crippen molar-refractivity contribution in [2.75, 3.05) is 6.54 Å². The van der Waals surface area contributed by atoms with Gasteiger partial charge in [0.25, 0.3) is 0 Å². The first-order chi connectivity index (χ1) is 8.36. The normalized spacial score (nSPS) is 28.9. The van der Waals surface area contributed by atoms with E-state index >= 15 is 0 Å². The van der Waals surface area contributed by atoms with E-state index in [4.69, 9.17) is 4.74 Å². The van der Waals surface area contributed by atoms with Crippen LogP contribution in [-0.2, 0) is 4.74 Å².